The summed E-state index contributed by atoms with van der Waals surface area (Å²) in [6.45, 7) is 4.22. The monoisotopic (exact) mass is 260 g/mol. The third-order valence-corrected chi connectivity index (χ3v) is 2.69. The molecule has 1 heterocycles. The highest BCUT2D eigenvalue weighted by molar-refractivity contribution is 5.80. The van der Waals surface area contributed by atoms with Crippen LogP contribution >= 0.6 is 0 Å². The van der Waals surface area contributed by atoms with Gasteiger partial charge in [-0.2, -0.15) is 5.10 Å². The van der Waals surface area contributed by atoms with Gasteiger partial charge in [0.15, 0.2) is 17.8 Å². The number of aryl methyl sites for hydroxylation is 2. The summed E-state index contributed by atoms with van der Waals surface area (Å²) in [5.74, 6) is 1.62. The summed E-state index contributed by atoms with van der Waals surface area (Å²) in [6.07, 6.45) is 0.751. The molecule has 2 aromatic rings. The maximum Gasteiger partial charge on any atom is 0.228 e. The minimum Gasteiger partial charge on any atom is -0.490 e. The molecule has 5 nitrogen and oxygen atoms in total. The number of ether oxygens (including phenoxy) is 2. The van der Waals surface area contributed by atoms with E-state index in [1.807, 2.05) is 25.1 Å². The lowest BCUT2D eigenvalue weighted by molar-refractivity contribution is 0.112. The van der Waals surface area contributed by atoms with Gasteiger partial charge in [-0.25, -0.2) is 4.68 Å². The second-order valence-electron chi connectivity index (χ2n) is 4.03. The lowest BCUT2D eigenvalue weighted by Crippen LogP contribution is -1.99. The summed E-state index contributed by atoms with van der Waals surface area (Å²) in [4.78, 5) is 11.1. The Labute approximate surface area is 111 Å². The second kappa shape index (κ2) is 5.56. The zero-order valence-corrected chi connectivity index (χ0v) is 11.2. The first-order valence-electron chi connectivity index (χ1n) is 6.05. The molecular weight excluding hydrogens is 244 g/mol. The zero-order chi connectivity index (χ0) is 13.8. The molecule has 0 aliphatic rings. The molecule has 0 amide bonds. The highest BCUT2D eigenvalue weighted by atomic mass is 16.5. The quantitative estimate of drug-likeness (QED) is 0.776. The Morgan fingerprint density at radius 3 is 2.63 bits per heavy atom. The molecule has 0 spiro atoms. The smallest absolute Gasteiger partial charge is 0.228 e. The van der Waals surface area contributed by atoms with Crippen LogP contribution in [0.5, 0.6) is 17.4 Å². The van der Waals surface area contributed by atoms with E-state index in [1.165, 1.54) is 0 Å². The Kier molecular flexibility index (Phi) is 3.85. The summed E-state index contributed by atoms with van der Waals surface area (Å²) < 4.78 is 12.8. The van der Waals surface area contributed by atoms with Gasteiger partial charge in [0.2, 0.25) is 5.88 Å². The lowest BCUT2D eigenvalue weighted by Gasteiger charge is -2.11. The van der Waals surface area contributed by atoms with Crippen LogP contribution in [0.25, 0.3) is 0 Å². The molecule has 0 atom stereocenters. The summed E-state index contributed by atoms with van der Waals surface area (Å²) >= 11 is 0. The maximum atomic E-state index is 11.1. The van der Waals surface area contributed by atoms with Gasteiger partial charge in [-0.15, -0.1) is 0 Å². The largest absolute Gasteiger partial charge is 0.490 e. The fourth-order valence-electron chi connectivity index (χ4n) is 1.82. The molecule has 0 unspecified atom stereocenters. The van der Waals surface area contributed by atoms with Gasteiger partial charge in [0.25, 0.3) is 0 Å². The molecule has 0 bridgehead atoms. The summed E-state index contributed by atoms with van der Waals surface area (Å²) in [7, 11) is 1.73. The van der Waals surface area contributed by atoms with Crippen LogP contribution in [0.3, 0.4) is 0 Å². The molecule has 5 heteroatoms. The predicted octanol–water partition coefficient (Wildman–Crippen LogP) is 2.73. The normalized spacial score (nSPS) is 10.3. The average molecular weight is 260 g/mol. The van der Waals surface area contributed by atoms with E-state index >= 15 is 0 Å². The van der Waals surface area contributed by atoms with Gasteiger partial charge >= 0.3 is 0 Å². The number of carbonyl (C=O) groups excluding carboxylic acids is 1. The van der Waals surface area contributed by atoms with E-state index in [4.69, 9.17) is 9.47 Å². The molecule has 0 saturated heterocycles. The van der Waals surface area contributed by atoms with Crippen molar-refractivity contribution in [1.82, 2.24) is 9.78 Å². The zero-order valence-electron chi connectivity index (χ0n) is 11.2. The van der Waals surface area contributed by atoms with Crippen LogP contribution in [0.15, 0.2) is 24.3 Å². The fourth-order valence-corrected chi connectivity index (χ4v) is 1.82. The number of benzene rings is 1. The van der Waals surface area contributed by atoms with E-state index in [0.717, 1.165) is 6.29 Å². The molecule has 0 fully saturated rings. The average Bonchev–Trinajstić information content (AvgIpc) is 2.66. The van der Waals surface area contributed by atoms with Crippen molar-refractivity contribution in [2.24, 2.45) is 7.05 Å². The standard InChI is InChI=1S/C14H16N2O3/c1-4-18-12-7-5-6-8-13(12)19-14-11(9-17)10(2)15-16(14)3/h5-9H,4H2,1-3H3. The minimum atomic E-state index is 0.416. The Hall–Kier alpha value is -2.30. The van der Waals surface area contributed by atoms with Gasteiger partial charge in [-0.3, -0.25) is 4.79 Å². The molecule has 0 aliphatic carbocycles. The molecule has 19 heavy (non-hydrogen) atoms. The third-order valence-electron chi connectivity index (χ3n) is 2.69. The van der Waals surface area contributed by atoms with E-state index < -0.39 is 0 Å². The van der Waals surface area contributed by atoms with Crippen LogP contribution in [0.4, 0.5) is 0 Å². The fraction of sp³-hybridized carbons (Fsp3) is 0.286. The number of para-hydroxylation sites is 2. The van der Waals surface area contributed by atoms with Crippen LogP contribution in [0.2, 0.25) is 0 Å². The first-order valence-corrected chi connectivity index (χ1v) is 6.05. The Balaban J connectivity index is 2.39. The van der Waals surface area contributed by atoms with Gasteiger partial charge in [-0.05, 0) is 26.0 Å². The van der Waals surface area contributed by atoms with Crippen molar-refractivity contribution >= 4 is 6.29 Å². The number of rotatable bonds is 5. The topological polar surface area (TPSA) is 53.4 Å². The predicted molar refractivity (Wildman–Crippen MR) is 71.0 cm³/mol. The van der Waals surface area contributed by atoms with Gasteiger partial charge in [0.05, 0.1) is 17.9 Å². The number of nitrogens with zero attached hydrogens (tertiary/aromatic N) is 2. The summed E-state index contributed by atoms with van der Waals surface area (Å²) in [6, 6.07) is 7.33. The molecule has 0 radical (unpaired) electrons. The van der Waals surface area contributed by atoms with Crippen LogP contribution in [-0.2, 0) is 7.05 Å². The van der Waals surface area contributed by atoms with Crippen LogP contribution in [0.1, 0.15) is 23.0 Å². The summed E-state index contributed by atoms with van der Waals surface area (Å²) in [5, 5.41) is 4.17. The third kappa shape index (κ3) is 2.59. The van der Waals surface area contributed by atoms with Crippen molar-refractivity contribution in [3.63, 3.8) is 0 Å². The maximum absolute atomic E-state index is 11.1. The lowest BCUT2D eigenvalue weighted by atomic mass is 10.3. The van der Waals surface area contributed by atoms with E-state index in [2.05, 4.69) is 5.10 Å². The van der Waals surface area contributed by atoms with E-state index in [0.29, 0.717) is 35.2 Å². The van der Waals surface area contributed by atoms with Gasteiger partial charge in [-0.1, -0.05) is 12.1 Å². The van der Waals surface area contributed by atoms with E-state index in [-0.39, 0.29) is 0 Å². The Morgan fingerprint density at radius 1 is 1.32 bits per heavy atom. The SMILES string of the molecule is CCOc1ccccc1Oc1c(C=O)c(C)nn1C. The molecular formula is C14H16N2O3. The molecule has 2 rings (SSSR count). The van der Waals surface area contributed by atoms with Crippen LogP contribution < -0.4 is 9.47 Å². The van der Waals surface area contributed by atoms with Crippen molar-refractivity contribution in [2.75, 3.05) is 6.61 Å². The van der Waals surface area contributed by atoms with E-state index in [9.17, 15) is 4.79 Å². The number of aldehydes is 1. The molecule has 0 saturated carbocycles. The molecule has 1 aromatic carbocycles. The molecule has 100 valence electrons. The van der Waals surface area contributed by atoms with Crippen LogP contribution in [-0.4, -0.2) is 22.7 Å². The number of hydrogen-bond acceptors (Lipinski definition) is 4. The highest BCUT2D eigenvalue weighted by Crippen LogP contribution is 2.33. The Bertz CT molecular complexity index is 590. The molecule has 1 aromatic heterocycles. The van der Waals surface area contributed by atoms with Gasteiger partial charge < -0.3 is 9.47 Å². The van der Waals surface area contributed by atoms with Crippen molar-refractivity contribution in [2.45, 2.75) is 13.8 Å². The van der Waals surface area contributed by atoms with Crippen LogP contribution in [0, 0.1) is 6.92 Å². The summed E-state index contributed by atoms with van der Waals surface area (Å²) in [5.41, 5.74) is 1.09. The number of hydrogen-bond donors (Lipinski definition) is 0. The van der Waals surface area contributed by atoms with Gasteiger partial charge in [0.1, 0.15) is 0 Å². The van der Waals surface area contributed by atoms with Gasteiger partial charge in [0, 0.05) is 7.05 Å². The first-order chi connectivity index (χ1) is 9.17. The second-order valence-corrected chi connectivity index (χ2v) is 4.03. The van der Waals surface area contributed by atoms with Crippen molar-refractivity contribution < 1.29 is 14.3 Å². The number of carbonyl (C=O) groups is 1. The van der Waals surface area contributed by atoms with Crippen molar-refractivity contribution in [3.05, 3.63) is 35.5 Å². The minimum absolute atomic E-state index is 0.416. The molecule has 0 N–H and O–H groups in total. The van der Waals surface area contributed by atoms with E-state index in [1.54, 1.807) is 24.7 Å². The van der Waals surface area contributed by atoms with Crippen molar-refractivity contribution in [3.8, 4) is 17.4 Å². The highest BCUT2D eigenvalue weighted by Gasteiger charge is 2.16. The van der Waals surface area contributed by atoms with Crippen molar-refractivity contribution in [1.29, 1.82) is 0 Å². The number of aromatic nitrogens is 2. The molecule has 0 aliphatic heterocycles. The Morgan fingerprint density at radius 2 is 2.00 bits per heavy atom. The first kappa shape index (κ1) is 13.1.